The highest BCUT2D eigenvalue weighted by molar-refractivity contribution is 5.53. The summed E-state index contributed by atoms with van der Waals surface area (Å²) in [6.45, 7) is 6.19. The van der Waals surface area contributed by atoms with E-state index < -0.39 is 0 Å². The van der Waals surface area contributed by atoms with E-state index in [4.69, 9.17) is 0 Å². The molecule has 0 aliphatic carbocycles. The maximum atomic E-state index is 4.10. The van der Waals surface area contributed by atoms with Crippen molar-refractivity contribution in [1.29, 1.82) is 0 Å². The molecule has 2 rings (SSSR count). The molecule has 0 aromatic heterocycles. The van der Waals surface area contributed by atoms with E-state index >= 15 is 0 Å². The number of benzene rings is 2. The molecule has 0 heterocycles. The van der Waals surface area contributed by atoms with Crippen molar-refractivity contribution < 1.29 is 0 Å². The largest absolute Gasteiger partial charge is 0.0955 e. The summed E-state index contributed by atoms with van der Waals surface area (Å²) >= 11 is 0. The van der Waals surface area contributed by atoms with Gasteiger partial charge in [-0.1, -0.05) is 84.5 Å². The Morgan fingerprint density at radius 1 is 1.00 bits per heavy atom. The van der Waals surface area contributed by atoms with Crippen LogP contribution in [0.15, 0.2) is 72.8 Å². The van der Waals surface area contributed by atoms with E-state index in [0.29, 0.717) is 0 Å². The molecule has 0 aliphatic rings. The van der Waals surface area contributed by atoms with Crippen LogP contribution in [0, 0.1) is 6.92 Å². The Labute approximate surface area is 109 Å². The Balaban J connectivity index is 1.97. The van der Waals surface area contributed by atoms with Gasteiger partial charge in [0.05, 0.1) is 0 Å². The SMILES string of the molecule is C=C(/C=C/c1ccc(C)cc1)Cc1ccccc1. The van der Waals surface area contributed by atoms with Gasteiger partial charge in [-0.05, 0) is 24.5 Å². The van der Waals surface area contributed by atoms with Crippen LogP contribution in [0.5, 0.6) is 0 Å². The third kappa shape index (κ3) is 3.74. The first-order valence-electron chi connectivity index (χ1n) is 6.20. The number of hydrogen-bond donors (Lipinski definition) is 0. The molecular weight excluding hydrogens is 216 g/mol. The van der Waals surface area contributed by atoms with Gasteiger partial charge in [-0.15, -0.1) is 0 Å². The van der Waals surface area contributed by atoms with Crippen molar-refractivity contribution >= 4 is 6.08 Å². The van der Waals surface area contributed by atoms with E-state index in [1.54, 1.807) is 0 Å². The van der Waals surface area contributed by atoms with E-state index in [1.807, 2.05) is 6.07 Å². The molecule has 18 heavy (non-hydrogen) atoms. The van der Waals surface area contributed by atoms with Gasteiger partial charge in [0.15, 0.2) is 0 Å². The molecular formula is C18H18. The maximum Gasteiger partial charge on any atom is -0.00316 e. The summed E-state index contributed by atoms with van der Waals surface area (Å²) in [5.41, 5.74) is 4.93. The lowest BCUT2D eigenvalue weighted by Crippen LogP contribution is -1.85. The first-order valence-corrected chi connectivity index (χ1v) is 6.20. The average Bonchev–Trinajstić information content (AvgIpc) is 2.39. The van der Waals surface area contributed by atoms with Crippen LogP contribution in [-0.4, -0.2) is 0 Å². The van der Waals surface area contributed by atoms with Crippen molar-refractivity contribution in [3.8, 4) is 0 Å². The van der Waals surface area contributed by atoms with E-state index in [2.05, 4.69) is 74.2 Å². The molecule has 0 nitrogen and oxygen atoms in total. The summed E-state index contributed by atoms with van der Waals surface area (Å²) < 4.78 is 0. The average molecular weight is 234 g/mol. The molecule has 0 saturated carbocycles. The molecule has 0 atom stereocenters. The van der Waals surface area contributed by atoms with Crippen LogP contribution in [-0.2, 0) is 6.42 Å². The van der Waals surface area contributed by atoms with Gasteiger partial charge in [0.1, 0.15) is 0 Å². The van der Waals surface area contributed by atoms with Crippen molar-refractivity contribution in [1.82, 2.24) is 0 Å². The lowest BCUT2D eigenvalue weighted by Gasteiger charge is -2.00. The molecule has 0 amide bonds. The third-order valence-electron chi connectivity index (χ3n) is 2.86. The quantitative estimate of drug-likeness (QED) is 0.666. The van der Waals surface area contributed by atoms with Crippen LogP contribution in [0.1, 0.15) is 16.7 Å². The number of allylic oxidation sites excluding steroid dienone is 2. The molecule has 0 fully saturated rings. The van der Waals surface area contributed by atoms with Gasteiger partial charge >= 0.3 is 0 Å². The molecule has 2 aromatic carbocycles. The van der Waals surface area contributed by atoms with Gasteiger partial charge in [0.2, 0.25) is 0 Å². The van der Waals surface area contributed by atoms with Gasteiger partial charge in [-0.25, -0.2) is 0 Å². The van der Waals surface area contributed by atoms with Crippen LogP contribution in [0.2, 0.25) is 0 Å². The summed E-state index contributed by atoms with van der Waals surface area (Å²) in [6.07, 6.45) is 5.12. The Kier molecular flexibility index (Phi) is 4.14. The maximum absolute atomic E-state index is 4.10. The molecule has 0 unspecified atom stereocenters. The number of rotatable bonds is 4. The predicted octanol–water partition coefficient (Wildman–Crippen LogP) is 4.81. The number of hydrogen-bond acceptors (Lipinski definition) is 0. The van der Waals surface area contributed by atoms with E-state index in [-0.39, 0.29) is 0 Å². The summed E-state index contributed by atoms with van der Waals surface area (Å²) in [5.74, 6) is 0. The molecule has 0 aliphatic heterocycles. The monoisotopic (exact) mass is 234 g/mol. The second-order valence-electron chi connectivity index (χ2n) is 4.56. The molecule has 2 aromatic rings. The molecule has 0 saturated heterocycles. The smallest absolute Gasteiger partial charge is 0.00316 e. The van der Waals surface area contributed by atoms with Crippen LogP contribution in [0.3, 0.4) is 0 Å². The minimum absolute atomic E-state index is 0.906. The van der Waals surface area contributed by atoms with Crippen molar-refractivity contribution in [2.24, 2.45) is 0 Å². The number of aryl methyl sites for hydroxylation is 1. The lowest BCUT2D eigenvalue weighted by atomic mass is 10.0. The highest BCUT2D eigenvalue weighted by atomic mass is 14.0. The summed E-state index contributed by atoms with van der Waals surface area (Å²) in [4.78, 5) is 0. The Bertz CT molecular complexity index is 530. The Hall–Kier alpha value is -2.08. The highest BCUT2D eigenvalue weighted by Gasteiger charge is 1.93. The fraction of sp³-hybridized carbons (Fsp3) is 0.111. The zero-order valence-electron chi connectivity index (χ0n) is 10.8. The fourth-order valence-electron chi connectivity index (χ4n) is 1.81. The zero-order chi connectivity index (χ0) is 12.8. The Morgan fingerprint density at radius 2 is 1.67 bits per heavy atom. The fourth-order valence-corrected chi connectivity index (χ4v) is 1.81. The van der Waals surface area contributed by atoms with E-state index in [0.717, 1.165) is 12.0 Å². The zero-order valence-corrected chi connectivity index (χ0v) is 10.8. The Morgan fingerprint density at radius 3 is 2.33 bits per heavy atom. The second-order valence-corrected chi connectivity index (χ2v) is 4.56. The standard InChI is InChI=1S/C18H18/c1-15-8-11-17(12-9-15)13-10-16(2)14-18-6-4-3-5-7-18/h3-13H,2,14H2,1H3/b13-10+. The minimum Gasteiger partial charge on any atom is -0.0955 e. The molecule has 0 N–H and O–H groups in total. The topological polar surface area (TPSA) is 0 Å². The van der Waals surface area contributed by atoms with Crippen LogP contribution >= 0.6 is 0 Å². The van der Waals surface area contributed by atoms with Gasteiger partial charge in [0, 0.05) is 0 Å². The summed E-state index contributed by atoms with van der Waals surface area (Å²) in [5, 5.41) is 0. The highest BCUT2D eigenvalue weighted by Crippen LogP contribution is 2.10. The van der Waals surface area contributed by atoms with Gasteiger partial charge in [-0.2, -0.15) is 0 Å². The van der Waals surface area contributed by atoms with E-state index in [9.17, 15) is 0 Å². The van der Waals surface area contributed by atoms with Gasteiger partial charge in [-0.3, -0.25) is 0 Å². The first kappa shape index (κ1) is 12.4. The molecule has 90 valence electrons. The van der Waals surface area contributed by atoms with Crippen molar-refractivity contribution in [2.45, 2.75) is 13.3 Å². The molecule has 0 radical (unpaired) electrons. The van der Waals surface area contributed by atoms with Crippen LogP contribution < -0.4 is 0 Å². The third-order valence-corrected chi connectivity index (χ3v) is 2.86. The first-order chi connectivity index (χ1) is 8.74. The van der Waals surface area contributed by atoms with Crippen LogP contribution in [0.25, 0.3) is 6.08 Å². The normalized spacial score (nSPS) is 10.7. The van der Waals surface area contributed by atoms with Crippen LogP contribution in [0.4, 0.5) is 0 Å². The van der Waals surface area contributed by atoms with Crippen molar-refractivity contribution in [3.05, 3.63) is 89.5 Å². The second kappa shape index (κ2) is 6.02. The summed E-state index contributed by atoms with van der Waals surface area (Å²) in [6, 6.07) is 18.9. The molecule has 0 heteroatoms. The van der Waals surface area contributed by atoms with E-state index in [1.165, 1.54) is 16.7 Å². The molecule has 0 bridgehead atoms. The van der Waals surface area contributed by atoms with Gasteiger partial charge in [0.25, 0.3) is 0 Å². The lowest BCUT2D eigenvalue weighted by molar-refractivity contribution is 1.21. The predicted molar refractivity (Wildman–Crippen MR) is 79.5 cm³/mol. The molecule has 0 spiro atoms. The van der Waals surface area contributed by atoms with Gasteiger partial charge < -0.3 is 0 Å². The van der Waals surface area contributed by atoms with Crippen molar-refractivity contribution in [3.63, 3.8) is 0 Å². The minimum atomic E-state index is 0.906. The van der Waals surface area contributed by atoms with Crippen molar-refractivity contribution in [2.75, 3.05) is 0 Å². The summed E-state index contributed by atoms with van der Waals surface area (Å²) in [7, 11) is 0.